The molecule has 2 aliphatic heterocycles. The Labute approximate surface area is 103 Å². The van der Waals surface area contributed by atoms with Gasteiger partial charge in [-0.05, 0) is 26.6 Å². The van der Waals surface area contributed by atoms with Crippen molar-refractivity contribution >= 4 is 5.91 Å². The van der Waals surface area contributed by atoms with E-state index in [4.69, 9.17) is 4.74 Å². The number of likely N-dealkylation sites (N-methyl/N-ethyl adjacent to an activating group) is 2. The Morgan fingerprint density at radius 1 is 1.47 bits per heavy atom. The van der Waals surface area contributed by atoms with Gasteiger partial charge in [0.05, 0.1) is 19.1 Å². The second-order valence-electron chi connectivity index (χ2n) is 5.06. The molecule has 0 saturated carbocycles. The lowest BCUT2D eigenvalue weighted by atomic mass is 10.0. The Balaban J connectivity index is 1.82. The second-order valence-corrected chi connectivity index (χ2v) is 5.06. The van der Waals surface area contributed by atoms with Gasteiger partial charge in [0.1, 0.15) is 0 Å². The zero-order valence-electron chi connectivity index (χ0n) is 10.7. The summed E-state index contributed by atoms with van der Waals surface area (Å²) in [4.78, 5) is 14.4. The van der Waals surface area contributed by atoms with E-state index in [1.54, 1.807) is 0 Å². The summed E-state index contributed by atoms with van der Waals surface area (Å²) in [6, 6.07) is 0.495. The monoisotopic (exact) mass is 241 g/mol. The maximum absolute atomic E-state index is 12.1. The molecule has 0 radical (unpaired) electrons. The van der Waals surface area contributed by atoms with E-state index < -0.39 is 0 Å². The van der Waals surface area contributed by atoms with Crippen LogP contribution in [0.2, 0.25) is 0 Å². The van der Waals surface area contributed by atoms with Gasteiger partial charge in [-0.25, -0.2) is 0 Å². The Morgan fingerprint density at radius 2 is 2.29 bits per heavy atom. The number of ether oxygens (including phenoxy) is 1. The van der Waals surface area contributed by atoms with E-state index in [-0.39, 0.29) is 17.9 Å². The molecular formula is C12H23N3O2. The SMILES string of the molecule is CCNC1COCC1C(=O)NC1CCN(C)C1. The van der Waals surface area contributed by atoms with Gasteiger partial charge in [-0.15, -0.1) is 0 Å². The molecule has 5 nitrogen and oxygen atoms in total. The molecule has 2 fully saturated rings. The van der Waals surface area contributed by atoms with E-state index in [0.717, 1.165) is 26.1 Å². The van der Waals surface area contributed by atoms with Crippen LogP contribution >= 0.6 is 0 Å². The number of hydrogen-bond acceptors (Lipinski definition) is 4. The van der Waals surface area contributed by atoms with Crippen LogP contribution in [0.5, 0.6) is 0 Å². The van der Waals surface area contributed by atoms with Crippen LogP contribution in [0.3, 0.4) is 0 Å². The highest BCUT2D eigenvalue weighted by Gasteiger charge is 2.34. The summed E-state index contributed by atoms with van der Waals surface area (Å²) in [5.74, 6) is 0.120. The summed E-state index contributed by atoms with van der Waals surface area (Å²) in [6.07, 6.45) is 1.06. The largest absolute Gasteiger partial charge is 0.379 e. The summed E-state index contributed by atoms with van der Waals surface area (Å²) in [5, 5.41) is 6.45. The first-order valence-electron chi connectivity index (χ1n) is 6.50. The predicted octanol–water partition coefficient (Wildman–Crippen LogP) is -0.569. The number of nitrogens with one attached hydrogen (secondary N) is 2. The molecule has 2 heterocycles. The summed E-state index contributed by atoms with van der Waals surface area (Å²) in [7, 11) is 2.09. The fourth-order valence-corrected chi connectivity index (χ4v) is 2.64. The quantitative estimate of drug-likeness (QED) is 0.692. The molecule has 0 aliphatic carbocycles. The first-order valence-corrected chi connectivity index (χ1v) is 6.50. The number of rotatable bonds is 4. The highest BCUT2D eigenvalue weighted by atomic mass is 16.5. The third-order valence-corrected chi connectivity index (χ3v) is 3.62. The van der Waals surface area contributed by atoms with Crippen molar-refractivity contribution in [1.29, 1.82) is 0 Å². The van der Waals surface area contributed by atoms with Gasteiger partial charge in [-0.3, -0.25) is 4.79 Å². The maximum Gasteiger partial charge on any atom is 0.227 e. The Hall–Kier alpha value is -0.650. The molecule has 0 aromatic carbocycles. The van der Waals surface area contributed by atoms with Gasteiger partial charge in [0.15, 0.2) is 0 Å². The van der Waals surface area contributed by atoms with Crippen molar-refractivity contribution in [1.82, 2.24) is 15.5 Å². The van der Waals surface area contributed by atoms with Gasteiger partial charge in [0.25, 0.3) is 0 Å². The van der Waals surface area contributed by atoms with Crippen molar-refractivity contribution < 1.29 is 9.53 Å². The fraction of sp³-hybridized carbons (Fsp3) is 0.917. The van der Waals surface area contributed by atoms with Crippen molar-refractivity contribution in [3.8, 4) is 0 Å². The van der Waals surface area contributed by atoms with Gasteiger partial charge < -0.3 is 20.3 Å². The van der Waals surface area contributed by atoms with Crippen molar-refractivity contribution in [2.75, 3.05) is 39.9 Å². The summed E-state index contributed by atoms with van der Waals surface area (Å²) >= 11 is 0. The zero-order chi connectivity index (χ0) is 12.3. The van der Waals surface area contributed by atoms with Gasteiger partial charge in [-0.2, -0.15) is 0 Å². The van der Waals surface area contributed by atoms with Crippen molar-refractivity contribution in [3.63, 3.8) is 0 Å². The zero-order valence-corrected chi connectivity index (χ0v) is 10.7. The summed E-state index contributed by atoms with van der Waals surface area (Å²) < 4.78 is 5.40. The molecule has 2 N–H and O–H groups in total. The molecule has 0 aromatic rings. The van der Waals surface area contributed by atoms with Crippen LogP contribution < -0.4 is 10.6 Å². The highest BCUT2D eigenvalue weighted by Crippen LogP contribution is 2.15. The lowest BCUT2D eigenvalue weighted by molar-refractivity contribution is -0.126. The van der Waals surface area contributed by atoms with Crippen molar-refractivity contribution in [2.45, 2.75) is 25.4 Å². The first-order chi connectivity index (χ1) is 8.20. The average Bonchev–Trinajstić information content (AvgIpc) is 2.88. The molecule has 3 unspecified atom stereocenters. The molecule has 17 heavy (non-hydrogen) atoms. The molecule has 2 rings (SSSR count). The van der Waals surface area contributed by atoms with Gasteiger partial charge in [0.2, 0.25) is 5.91 Å². The lowest BCUT2D eigenvalue weighted by Crippen LogP contribution is -2.47. The minimum atomic E-state index is -0.0270. The molecule has 2 aliphatic rings. The third-order valence-electron chi connectivity index (χ3n) is 3.62. The highest BCUT2D eigenvalue weighted by molar-refractivity contribution is 5.80. The van der Waals surface area contributed by atoms with E-state index in [9.17, 15) is 4.79 Å². The molecule has 0 spiro atoms. The molecule has 0 aromatic heterocycles. The van der Waals surface area contributed by atoms with Crippen LogP contribution in [0.4, 0.5) is 0 Å². The molecular weight excluding hydrogens is 218 g/mol. The van der Waals surface area contributed by atoms with Crippen molar-refractivity contribution in [3.05, 3.63) is 0 Å². The van der Waals surface area contributed by atoms with Crippen LogP contribution in [0.1, 0.15) is 13.3 Å². The summed E-state index contributed by atoms with van der Waals surface area (Å²) in [5.41, 5.74) is 0. The van der Waals surface area contributed by atoms with Crippen LogP contribution in [0.15, 0.2) is 0 Å². The number of nitrogens with zero attached hydrogens (tertiary/aromatic N) is 1. The normalized spacial score (nSPS) is 34.1. The molecule has 98 valence electrons. The number of carbonyl (C=O) groups is 1. The minimum Gasteiger partial charge on any atom is -0.379 e. The number of hydrogen-bond donors (Lipinski definition) is 2. The topological polar surface area (TPSA) is 53.6 Å². The molecule has 1 amide bonds. The third kappa shape index (κ3) is 3.18. The van der Waals surface area contributed by atoms with Crippen molar-refractivity contribution in [2.24, 2.45) is 5.92 Å². The molecule has 5 heteroatoms. The van der Waals surface area contributed by atoms with E-state index in [1.807, 2.05) is 0 Å². The van der Waals surface area contributed by atoms with E-state index >= 15 is 0 Å². The molecule has 0 bridgehead atoms. The second kappa shape index (κ2) is 5.80. The van der Waals surface area contributed by atoms with E-state index in [2.05, 4.69) is 29.5 Å². The van der Waals surface area contributed by atoms with Crippen LogP contribution in [-0.2, 0) is 9.53 Å². The maximum atomic E-state index is 12.1. The first kappa shape index (κ1) is 12.8. The van der Waals surface area contributed by atoms with E-state index in [0.29, 0.717) is 19.3 Å². The molecule has 2 saturated heterocycles. The smallest absolute Gasteiger partial charge is 0.227 e. The number of carbonyl (C=O) groups excluding carboxylic acids is 1. The number of likely N-dealkylation sites (tertiary alicyclic amines) is 1. The average molecular weight is 241 g/mol. The Bertz CT molecular complexity index is 272. The Morgan fingerprint density at radius 3 is 2.94 bits per heavy atom. The standard InChI is InChI=1S/C12H23N3O2/c1-3-13-11-8-17-7-10(11)12(16)14-9-4-5-15(2)6-9/h9-11,13H,3-8H2,1-2H3,(H,14,16). The lowest BCUT2D eigenvalue weighted by Gasteiger charge is -2.20. The minimum absolute atomic E-state index is 0.0270. The van der Waals surface area contributed by atoms with Gasteiger partial charge >= 0.3 is 0 Å². The summed E-state index contributed by atoms with van der Waals surface area (Å²) in [6.45, 7) is 6.17. The number of amides is 1. The van der Waals surface area contributed by atoms with Crippen LogP contribution in [-0.4, -0.2) is 62.8 Å². The fourth-order valence-electron chi connectivity index (χ4n) is 2.64. The van der Waals surface area contributed by atoms with E-state index in [1.165, 1.54) is 0 Å². The predicted molar refractivity (Wildman–Crippen MR) is 65.8 cm³/mol. The van der Waals surface area contributed by atoms with Gasteiger partial charge in [-0.1, -0.05) is 6.92 Å². The van der Waals surface area contributed by atoms with Crippen LogP contribution in [0, 0.1) is 5.92 Å². The Kier molecular flexibility index (Phi) is 4.36. The van der Waals surface area contributed by atoms with Gasteiger partial charge in [0, 0.05) is 18.6 Å². The van der Waals surface area contributed by atoms with Crippen LogP contribution in [0.25, 0.3) is 0 Å². The molecule has 3 atom stereocenters.